The molecule has 0 atom stereocenters. The van der Waals surface area contributed by atoms with E-state index in [0.29, 0.717) is 18.1 Å². The molecule has 2 N–H and O–H groups in total. The highest BCUT2D eigenvalue weighted by atomic mass is 32.1. The number of carbonyl (C=O) groups excluding carboxylic acids is 1. The van der Waals surface area contributed by atoms with E-state index < -0.39 is 23.2 Å². The van der Waals surface area contributed by atoms with Gasteiger partial charge in [0, 0.05) is 26.3 Å². The Morgan fingerprint density at radius 1 is 1.45 bits per heavy atom. The minimum Gasteiger partial charge on any atom is -0.378 e. The topological polar surface area (TPSA) is 74.7 Å². The molecule has 2 aromatic rings. The van der Waals surface area contributed by atoms with E-state index in [-0.39, 0.29) is 28.5 Å². The van der Waals surface area contributed by atoms with E-state index in [4.69, 9.17) is 4.74 Å². The molecule has 0 aromatic carbocycles. The van der Waals surface area contributed by atoms with Crippen molar-refractivity contribution in [1.82, 2.24) is 10.3 Å². The number of fused-ring (bicyclic) bond motifs is 1. The van der Waals surface area contributed by atoms with Gasteiger partial charge in [-0.15, -0.1) is 11.3 Å². The van der Waals surface area contributed by atoms with E-state index in [9.17, 15) is 23.1 Å². The number of halogens is 3. The zero-order chi connectivity index (χ0) is 21.4. The molecule has 1 amide bonds. The van der Waals surface area contributed by atoms with Crippen LogP contribution in [0.3, 0.4) is 0 Å². The van der Waals surface area contributed by atoms with Crippen molar-refractivity contribution in [1.29, 1.82) is 0 Å². The Morgan fingerprint density at radius 2 is 2.14 bits per heavy atom. The van der Waals surface area contributed by atoms with Crippen LogP contribution in [-0.4, -0.2) is 54.4 Å². The first kappa shape index (κ1) is 21.4. The smallest absolute Gasteiger partial charge is 0.378 e. The predicted molar refractivity (Wildman–Crippen MR) is 104 cm³/mol. The summed E-state index contributed by atoms with van der Waals surface area (Å²) in [5, 5.41) is 12.5. The molecule has 29 heavy (non-hydrogen) atoms. The van der Waals surface area contributed by atoms with E-state index in [1.165, 1.54) is 7.05 Å². The van der Waals surface area contributed by atoms with Crippen molar-refractivity contribution in [3.05, 3.63) is 23.4 Å². The summed E-state index contributed by atoms with van der Waals surface area (Å²) in [5.74, 6) is 4.88. The molecule has 0 radical (unpaired) electrons. The number of aliphatic hydroxyl groups is 1. The van der Waals surface area contributed by atoms with Crippen LogP contribution in [0.4, 0.5) is 18.2 Å². The predicted octanol–water partition coefficient (Wildman–Crippen LogP) is 2.65. The summed E-state index contributed by atoms with van der Waals surface area (Å²) >= 11 is 0.905. The Labute approximate surface area is 169 Å². The average Bonchev–Trinajstić information content (AvgIpc) is 2.96. The number of thiophene rings is 1. The van der Waals surface area contributed by atoms with Gasteiger partial charge in [-0.3, -0.25) is 9.78 Å². The molecule has 3 rings (SSSR count). The summed E-state index contributed by atoms with van der Waals surface area (Å²) in [4.78, 5) is 18.2. The van der Waals surface area contributed by atoms with E-state index in [1.807, 2.05) is 0 Å². The number of nitrogens with one attached hydrogen (secondary N) is 1. The zero-order valence-corrected chi connectivity index (χ0v) is 16.9. The van der Waals surface area contributed by atoms with Gasteiger partial charge in [-0.05, 0) is 19.9 Å². The van der Waals surface area contributed by atoms with Crippen LogP contribution in [0.5, 0.6) is 0 Å². The van der Waals surface area contributed by atoms with Crippen molar-refractivity contribution < 1.29 is 27.8 Å². The van der Waals surface area contributed by atoms with Crippen LogP contribution in [0.1, 0.15) is 29.8 Å². The first-order chi connectivity index (χ1) is 13.5. The number of pyridine rings is 1. The highest BCUT2D eigenvalue weighted by Gasteiger charge is 2.38. The van der Waals surface area contributed by atoms with Gasteiger partial charge in [-0.2, -0.15) is 13.2 Å². The first-order valence-electron chi connectivity index (χ1n) is 8.81. The van der Waals surface area contributed by atoms with Crippen LogP contribution in [0.2, 0.25) is 0 Å². The molecule has 10 heteroatoms. The largest absolute Gasteiger partial charge is 0.417 e. The van der Waals surface area contributed by atoms with Gasteiger partial charge < -0.3 is 20.1 Å². The van der Waals surface area contributed by atoms with Crippen molar-refractivity contribution in [3.63, 3.8) is 0 Å². The molecule has 0 unspecified atom stereocenters. The summed E-state index contributed by atoms with van der Waals surface area (Å²) in [6.07, 6.45) is -3.63. The van der Waals surface area contributed by atoms with Crippen LogP contribution in [0.25, 0.3) is 10.2 Å². The molecule has 0 spiro atoms. The highest BCUT2D eigenvalue weighted by molar-refractivity contribution is 7.23. The third-order valence-electron chi connectivity index (χ3n) is 4.23. The number of alkyl halides is 3. The number of amides is 1. The van der Waals surface area contributed by atoms with Crippen molar-refractivity contribution in [2.45, 2.75) is 31.7 Å². The maximum Gasteiger partial charge on any atom is 0.417 e. The Balaban J connectivity index is 1.83. The van der Waals surface area contributed by atoms with E-state index in [0.717, 1.165) is 23.6 Å². The number of anilines is 1. The maximum atomic E-state index is 13.4. The lowest BCUT2D eigenvalue weighted by Crippen LogP contribution is -2.52. The monoisotopic (exact) mass is 427 g/mol. The molecule has 0 aliphatic carbocycles. The van der Waals surface area contributed by atoms with E-state index >= 15 is 0 Å². The molecular formula is C19H20F3N3O3S. The lowest BCUT2D eigenvalue weighted by atomic mass is 10.1. The molecule has 2 aromatic heterocycles. The molecular weight excluding hydrogens is 407 g/mol. The normalized spacial score (nSPS) is 15.1. The highest BCUT2D eigenvalue weighted by Crippen LogP contribution is 2.44. The van der Waals surface area contributed by atoms with Crippen LogP contribution in [0, 0.1) is 11.8 Å². The molecule has 0 bridgehead atoms. The summed E-state index contributed by atoms with van der Waals surface area (Å²) in [6.45, 7) is 4.11. The number of nitrogens with zero attached hydrogens (tertiary/aromatic N) is 2. The van der Waals surface area contributed by atoms with E-state index in [2.05, 4.69) is 22.1 Å². The fraction of sp³-hybridized carbons (Fsp3) is 0.474. The first-order valence-corrected chi connectivity index (χ1v) is 9.62. The summed E-state index contributed by atoms with van der Waals surface area (Å²) in [6, 6.07) is 0.916. The molecule has 6 nitrogen and oxygen atoms in total. The van der Waals surface area contributed by atoms with Crippen LogP contribution in [-0.2, 0) is 10.9 Å². The Bertz CT molecular complexity index is 980. The summed E-state index contributed by atoms with van der Waals surface area (Å²) in [5.41, 5.74) is -1.73. The molecule has 1 aliphatic heterocycles. The van der Waals surface area contributed by atoms with Crippen LogP contribution >= 0.6 is 11.3 Å². The fourth-order valence-corrected chi connectivity index (χ4v) is 4.18. The molecule has 1 saturated heterocycles. The van der Waals surface area contributed by atoms with Crippen molar-refractivity contribution in [2.75, 3.05) is 31.6 Å². The fourth-order valence-electron chi connectivity index (χ4n) is 2.88. The van der Waals surface area contributed by atoms with Gasteiger partial charge in [0.15, 0.2) is 0 Å². The molecule has 1 fully saturated rings. The number of rotatable bonds is 4. The minimum atomic E-state index is -4.54. The van der Waals surface area contributed by atoms with Crippen LogP contribution in [0.15, 0.2) is 12.3 Å². The van der Waals surface area contributed by atoms with Gasteiger partial charge >= 0.3 is 6.18 Å². The van der Waals surface area contributed by atoms with Gasteiger partial charge in [0.25, 0.3) is 5.91 Å². The van der Waals surface area contributed by atoms with Gasteiger partial charge in [-0.1, -0.05) is 11.8 Å². The van der Waals surface area contributed by atoms with Crippen LogP contribution < -0.4 is 10.2 Å². The second-order valence-corrected chi connectivity index (χ2v) is 8.09. The maximum absolute atomic E-state index is 13.4. The molecule has 1 aliphatic rings. The molecule has 0 saturated carbocycles. The van der Waals surface area contributed by atoms with Crippen molar-refractivity contribution in [3.8, 4) is 11.8 Å². The summed E-state index contributed by atoms with van der Waals surface area (Å²) < 4.78 is 45.6. The van der Waals surface area contributed by atoms with Crippen molar-refractivity contribution in [2.24, 2.45) is 0 Å². The second-order valence-electron chi connectivity index (χ2n) is 7.09. The third-order valence-corrected chi connectivity index (χ3v) is 5.51. The Kier molecular flexibility index (Phi) is 5.76. The zero-order valence-electron chi connectivity index (χ0n) is 16.1. The standard InChI is InChI=1S/C19H20F3N3O3S/c1-18(2,27)6-4-8-28-11-9-25(10-11)17-13(16(26)23-3)14-15(29-17)12(5-7-24-14)19(20,21)22/h5,7,11,27H,8-10H2,1-3H3,(H,23,26). The number of hydrogen-bond acceptors (Lipinski definition) is 6. The third kappa shape index (κ3) is 4.63. The summed E-state index contributed by atoms with van der Waals surface area (Å²) in [7, 11) is 1.42. The number of hydrogen-bond donors (Lipinski definition) is 2. The number of aromatic nitrogens is 1. The number of ether oxygens (including phenoxy) is 1. The number of carbonyl (C=O) groups is 1. The Morgan fingerprint density at radius 3 is 2.72 bits per heavy atom. The minimum absolute atomic E-state index is 0.0413. The average molecular weight is 427 g/mol. The lowest BCUT2D eigenvalue weighted by molar-refractivity contribution is -0.136. The van der Waals surface area contributed by atoms with Gasteiger partial charge in [0.05, 0.1) is 21.9 Å². The Hall–Kier alpha value is -2.35. The lowest BCUT2D eigenvalue weighted by Gasteiger charge is -2.39. The molecule has 3 heterocycles. The van der Waals surface area contributed by atoms with Crippen molar-refractivity contribution >= 4 is 32.5 Å². The quantitative estimate of drug-likeness (QED) is 0.734. The van der Waals surface area contributed by atoms with Gasteiger partial charge in [0.1, 0.15) is 22.8 Å². The van der Waals surface area contributed by atoms with Gasteiger partial charge in [-0.25, -0.2) is 0 Å². The van der Waals surface area contributed by atoms with Gasteiger partial charge in [0.2, 0.25) is 0 Å². The van der Waals surface area contributed by atoms with E-state index in [1.54, 1.807) is 18.7 Å². The molecule has 156 valence electrons. The second kappa shape index (κ2) is 7.82. The SMILES string of the molecule is CNC(=O)c1c(N2CC(OCC#CC(C)(C)O)C2)sc2c(C(F)(F)F)ccnc12.